The third-order valence-corrected chi connectivity index (χ3v) is 9.35. The lowest BCUT2D eigenvalue weighted by molar-refractivity contribution is -0.133. The van der Waals surface area contributed by atoms with Crippen LogP contribution in [-0.4, -0.2) is 93.6 Å². The Hall–Kier alpha value is -6.06. The molecule has 0 saturated carbocycles. The second-order valence-corrected chi connectivity index (χ2v) is 12.9. The maximum absolute atomic E-state index is 13.0. The van der Waals surface area contributed by atoms with Gasteiger partial charge in [0.15, 0.2) is 0 Å². The van der Waals surface area contributed by atoms with E-state index in [2.05, 4.69) is 52.2 Å². The molecule has 4 heterocycles. The third kappa shape index (κ3) is 8.05. The molecule has 2 aromatic heterocycles. The van der Waals surface area contributed by atoms with Crippen molar-refractivity contribution in [2.45, 2.75) is 66.0 Å². The fraction of sp³-hybridized carbons (Fsp3) is 0.405. The van der Waals surface area contributed by atoms with Crippen LogP contribution in [0.3, 0.4) is 0 Å². The molecule has 4 aromatic rings. The summed E-state index contributed by atoms with van der Waals surface area (Å²) in [5.74, 6) is 2.23. The van der Waals surface area contributed by atoms with Crippen molar-refractivity contribution in [3.63, 3.8) is 0 Å². The number of H-pyrrole nitrogens is 2. The van der Waals surface area contributed by atoms with E-state index >= 15 is 0 Å². The van der Waals surface area contributed by atoms with Gasteiger partial charge in [0.1, 0.15) is 49.5 Å². The minimum atomic E-state index is -0.665. The first-order valence-corrected chi connectivity index (χ1v) is 17.5. The SMILES string of the molecule is CCCN(Cc1ncc(-c2cc3c4c(c2)OCc2cc(-c5cnc(CN(C(=O)CNC(=O)OC)[C@@H](C)CC)[nH]5)cc(c2-4)OC3)[nH]1)C(=O)CNC(=O)OC. The Bertz CT molecular complexity index is 1960. The van der Waals surface area contributed by atoms with E-state index in [1.807, 2.05) is 32.9 Å². The van der Waals surface area contributed by atoms with Gasteiger partial charge in [-0.15, -0.1) is 0 Å². The number of aromatic amines is 2. The number of carbonyl (C=O) groups excluding carboxylic acids is 4. The minimum Gasteiger partial charge on any atom is -0.488 e. The van der Waals surface area contributed by atoms with Gasteiger partial charge < -0.3 is 49.3 Å². The molecule has 0 aliphatic carbocycles. The van der Waals surface area contributed by atoms with Crippen LogP contribution in [0.5, 0.6) is 11.5 Å². The van der Waals surface area contributed by atoms with Gasteiger partial charge in [-0.2, -0.15) is 0 Å². The molecule has 16 heteroatoms. The van der Waals surface area contributed by atoms with Crippen LogP contribution in [0, 0.1) is 0 Å². The lowest BCUT2D eigenvalue weighted by Gasteiger charge is -2.30. The molecule has 4 N–H and O–H groups in total. The number of rotatable bonds is 14. The van der Waals surface area contributed by atoms with E-state index in [0.29, 0.717) is 31.4 Å². The highest BCUT2D eigenvalue weighted by Crippen LogP contribution is 2.50. The molecule has 0 saturated heterocycles. The fourth-order valence-corrected chi connectivity index (χ4v) is 6.44. The number of amides is 4. The number of carbonyl (C=O) groups is 4. The predicted molar refractivity (Wildman–Crippen MR) is 193 cm³/mol. The molecule has 0 spiro atoms. The number of aromatic nitrogens is 4. The molecule has 16 nitrogen and oxygen atoms in total. The predicted octanol–water partition coefficient (Wildman–Crippen LogP) is 4.50. The van der Waals surface area contributed by atoms with Crippen LogP contribution < -0.4 is 20.1 Å². The smallest absolute Gasteiger partial charge is 0.407 e. The zero-order valence-electron chi connectivity index (χ0n) is 30.5. The van der Waals surface area contributed by atoms with Crippen molar-refractivity contribution in [3.8, 4) is 45.1 Å². The van der Waals surface area contributed by atoms with E-state index in [1.54, 1.807) is 22.2 Å². The van der Waals surface area contributed by atoms with E-state index in [1.165, 1.54) is 14.2 Å². The van der Waals surface area contributed by atoms with Gasteiger partial charge in [-0.05, 0) is 44.0 Å². The van der Waals surface area contributed by atoms with E-state index in [0.717, 1.165) is 69.1 Å². The second-order valence-electron chi connectivity index (χ2n) is 12.9. The largest absolute Gasteiger partial charge is 0.488 e. The van der Waals surface area contributed by atoms with Crippen molar-refractivity contribution in [1.29, 1.82) is 0 Å². The van der Waals surface area contributed by atoms with Crippen LogP contribution >= 0.6 is 0 Å². The van der Waals surface area contributed by atoms with Crippen molar-refractivity contribution in [2.24, 2.45) is 0 Å². The number of imidazole rings is 2. The van der Waals surface area contributed by atoms with E-state index < -0.39 is 12.2 Å². The first-order chi connectivity index (χ1) is 25.6. The highest BCUT2D eigenvalue weighted by atomic mass is 16.5. The molecule has 0 unspecified atom stereocenters. The Morgan fingerprint density at radius 3 is 1.79 bits per heavy atom. The number of ether oxygens (including phenoxy) is 4. The summed E-state index contributed by atoms with van der Waals surface area (Å²) >= 11 is 0. The van der Waals surface area contributed by atoms with Gasteiger partial charge >= 0.3 is 12.2 Å². The average Bonchev–Trinajstić information content (AvgIpc) is 3.86. The van der Waals surface area contributed by atoms with Crippen LogP contribution in [0.15, 0.2) is 36.7 Å². The lowest BCUT2D eigenvalue weighted by Crippen LogP contribution is -2.44. The molecule has 280 valence electrons. The number of alkyl carbamates (subject to hydrolysis) is 2. The summed E-state index contributed by atoms with van der Waals surface area (Å²) in [6, 6.07) is 8.03. The Morgan fingerprint density at radius 1 is 0.792 bits per heavy atom. The van der Waals surface area contributed by atoms with Gasteiger partial charge in [0.25, 0.3) is 0 Å². The van der Waals surface area contributed by atoms with Crippen molar-refractivity contribution >= 4 is 24.0 Å². The first kappa shape index (κ1) is 36.7. The molecule has 2 aliphatic rings. The zero-order valence-corrected chi connectivity index (χ0v) is 30.5. The maximum atomic E-state index is 13.0. The molecule has 0 radical (unpaired) electrons. The van der Waals surface area contributed by atoms with Crippen LogP contribution in [0.25, 0.3) is 33.6 Å². The summed E-state index contributed by atoms with van der Waals surface area (Å²) in [6.45, 7) is 7.26. The number of methoxy groups -OCH3 is 2. The van der Waals surface area contributed by atoms with Gasteiger partial charge in [-0.25, -0.2) is 19.6 Å². The molecule has 6 rings (SSSR count). The van der Waals surface area contributed by atoms with Crippen molar-refractivity contribution in [2.75, 3.05) is 33.9 Å². The number of hydrogen-bond acceptors (Lipinski definition) is 10. The first-order valence-electron chi connectivity index (χ1n) is 17.5. The molecule has 0 bridgehead atoms. The molecular weight excluding hydrogens is 684 g/mol. The summed E-state index contributed by atoms with van der Waals surface area (Å²) in [7, 11) is 2.50. The Balaban J connectivity index is 1.19. The molecule has 2 aromatic carbocycles. The van der Waals surface area contributed by atoms with Crippen LogP contribution in [0.4, 0.5) is 9.59 Å². The second kappa shape index (κ2) is 16.1. The monoisotopic (exact) mass is 728 g/mol. The number of nitrogens with one attached hydrogen (secondary N) is 4. The normalized spacial score (nSPS) is 12.8. The number of benzene rings is 2. The van der Waals surface area contributed by atoms with Gasteiger partial charge in [0.05, 0.1) is 51.1 Å². The minimum absolute atomic E-state index is 0.0747. The molecule has 1 atom stereocenters. The van der Waals surface area contributed by atoms with Crippen molar-refractivity contribution in [3.05, 3.63) is 59.4 Å². The quantitative estimate of drug-likeness (QED) is 0.144. The topological polar surface area (TPSA) is 193 Å². The molecule has 53 heavy (non-hydrogen) atoms. The molecule has 4 amide bonds. The van der Waals surface area contributed by atoms with Crippen LogP contribution in [-0.2, 0) is 45.4 Å². The summed E-state index contributed by atoms with van der Waals surface area (Å²) in [5, 5.41) is 4.90. The molecule has 2 aliphatic heterocycles. The summed E-state index contributed by atoms with van der Waals surface area (Å²) in [4.78, 5) is 67.9. The summed E-state index contributed by atoms with van der Waals surface area (Å²) < 4.78 is 21.8. The highest BCUT2D eigenvalue weighted by Gasteiger charge is 2.30. The van der Waals surface area contributed by atoms with E-state index in [4.69, 9.17) is 9.47 Å². The number of nitrogens with zero attached hydrogens (tertiary/aromatic N) is 4. The van der Waals surface area contributed by atoms with Gasteiger partial charge in [-0.3, -0.25) is 9.59 Å². The maximum Gasteiger partial charge on any atom is 0.407 e. The molecular formula is C37H44N8O8. The van der Waals surface area contributed by atoms with Gasteiger partial charge in [-0.1, -0.05) is 13.8 Å². The zero-order chi connectivity index (χ0) is 37.6. The van der Waals surface area contributed by atoms with Crippen molar-refractivity contribution < 1.29 is 38.1 Å². The Morgan fingerprint density at radius 2 is 1.30 bits per heavy atom. The average molecular weight is 729 g/mol. The Labute approximate surface area is 306 Å². The van der Waals surface area contributed by atoms with E-state index in [-0.39, 0.29) is 44.0 Å². The van der Waals surface area contributed by atoms with Gasteiger partial charge in [0.2, 0.25) is 11.8 Å². The van der Waals surface area contributed by atoms with Crippen molar-refractivity contribution in [1.82, 2.24) is 40.4 Å². The third-order valence-electron chi connectivity index (χ3n) is 9.35. The van der Waals surface area contributed by atoms with Gasteiger partial charge in [0, 0.05) is 46.0 Å². The Kier molecular flexibility index (Phi) is 11.1. The number of hydrogen-bond donors (Lipinski definition) is 4. The standard InChI is InChI=1S/C37H44N8O8/c1-6-8-44(32(46)15-40-36(48)50-4)17-30-38-13-26(42-30)22-9-24-19-53-29-12-23(10-25-20-52-28(11-22)34(24)35(25)29)27-14-39-31(43-27)18-45(21(3)7-2)33(47)16-41-37(49)51-5/h9-14,21H,6-8,15-20H2,1-5H3,(H,38,42)(H,39,43)(H,40,48)(H,41,49)/t21-/m0/s1. The summed E-state index contributed by atoms with van der Waals surface area (Å²) in [6.07, 6.45) is 3.62. The van der Waals surface area contributed by atoms with Crippen LogP contribution in [0.2, 0.25) is 0 Å². The van der Waals surface area contributed by atoms with E-state index in [9.17, 15) is 19.2 Å². The fourth-order valence-electron chi connectivity index (χ4n) is 6.44. The molecule has 0 fully saturated rings. The summed E-state index contributed by atoms with van der Waals surface area (Å²) in [5.41, 5.74) is 7.24. The lowest BCUT2D eigenvalue weighted by atomic mass is 9.87. The van der Waals surface area contributed by atoms with Crippen LogP contribution in [0.1, 0.15) is 56.4 Å². The highest BCUT2D eigenvalue weighted by molar-refractivity contribution is 5.88.